The van der Waals surface area contributed by atoms with Crippen molar-refractivity contribution >= 4 is 5.91 Å². The highest BCUT2D eigenvalue weighted by atomic mass is 16.5. The summed E-state index contributed by atoms with van der Waals surface area (Å²) in [6.07, 6.45) is 0. The van der Waals surface area contributed by atoms with E-state index in [1.165, 1.54) is 0 Å². The third-order valence-corrected chi connectivity index (χ3v) is 4.56. The van der Waals surface area contributed by atoms with Crippen LogP contribution in [0.5, 0.6) is 0 Å². The Hall–Kier alpha value is -2.68. The van der Waals surface area contributed by atoms with Crippen LogP contribution in [0, 0.1) is 11.3 Å². The number of carbonyl (C=O) groups is 1. The Labute approximate surface area is 154 Å². The Morgan fingerprint density at radius 2 is 1.92 bits per heavy atom. The monoisotopic (exact) mass is 349 g/mol. The predicted molar refractivity (Wildman–Crippen MR) is 99.4 cm³/mol. The van der Waals surface area contributed by atoms with Gasteiger partial charge in [0.05, 0.1) is 30.8 Å². The molecule has 5 heteroatoms. The lowest BCUT2D eigenvalue weighted by Gasteiger charge is -2.30. The molecule has 5 nitrogen and oxygen atoms in total. The second kappa shape index (κ2) is 9.14. The van der Waals surface area contributed by atoms with Gasteiger partial charge >= 0.3 is 0 Å². The summed E-state index contributed by atoms with van der Waals surface area (Å²) in [6, 6.07) is 19.6. The largest absolute Gasteiger partial charge is 0.378 e. The first-order valence-corrected chi connectivity index (χ1v) is 8.89. The summed E-state index contributed by atoms with van der Waals surface area (Å²) in [5.74, 6) is -0.0915. The lowest BCUT2D eigenvalue weighted by Crippen LogP contribution is -2.45. The van der Waals surface area contributed by atoms with Gasteiger partial charge in [0.25, 0.3) is 0 Å². The number of rotatable bonds is 6. The number of hydrogen-bond acceptors (Lipinski definition) is 4. The van der Waals surface area contributed by atoms with Crippen molar-refractivity contribution in [2.45, 2.75) is 12.5 Å². The van der Waals surface area contributed by atoms with Gasteiger partial charge in [0.2, 0.25) is 5.91 Å². The van der Waals surface area contributed by atoms with Crippen LogP contribution in [0.25, 0.3) is 0 Å². The number of carbonyl (C=O) groups excluding carboxylic acids is 1. The highest BCUT2D eigenvalue weighted by Crippen LogP contribution is 2.19. The zero-order valence-corrected chi connectivity index (χ0v) is 14.7. The van der Waals surface area contributed by atoms with Crippen molar-refractivity contribution in [1.29, 1.82) is 5.26 Å². The van der Waals surface area contributed by atoms with E-state index < -0.39 is 0 Å². The Morgan fingerprint density at radius 3 is 2.65 bits per heavy atom. The van der Waals surface area contributed by atoms with Gasteiger partial charge in [-0.3, -0.25) is 4.79 Å². The third-order valence-electron chi connectivity index (χ3n) is 4.56. The fourth-order valence-electron chi connectivity index (χ4n) is 3.15. The van der Waals surface area contributed by atoms with E-state index >= 15 is 0 Å². The van der Waals surface area contributed by atoms with Crippen LogP contribution in [0.4, 0.5) is 0 Å². The molecule has 0 aliphatic carbocycles. The highest BCUT2D eigenvalue weighted by Gasteiger charge is 2.26. The molecule has 3 rings (SSSR count). The number of nitrogens with zero attached hydrogens (tertiary/aromatic N) is 2. The molecule has 26 heavy (non-hydrogen) atoms. The quantitative estimate of drug-likeness (QED) is 0.869. The molecule has 0 unspecified atom stereocenters. The first-order valence-electron chi connectivity index (χ1n) is 8.89. The molecule has 1 N–H and O–H groups in total. The van der Waals surface area contributed by atoms with Gasteiger partial charge in [-0.25, -0.2) is 0 Å². The molecule has 0 spiro atoms. The Kier molecular flexibility index (Phi) is 6.37. The Balaban J connectivity index is 1.67. The maximum Gasteiger partial charge on any atom is 0.231 e. The zero-order valence-electron chi connectivity index (χ0n) is 14.7. The van der Waals surface area contributed by atoms with Crippen LogP contribution in [-0.4, -0.2) is 43.7 Å². The van der Waals surface area contributed by atoms with Crippen molar-refractivity contribution in [3.8, 4) is 6.07 Å². The molecule has 1 amide bonds. The van der Waals surface area contributed by atoms with Gasteiger partial charge in [0.1, 0.15) is 0 Å². The van der Waals surface area contributed by atoms with Crippen LogP contribution < -0.4 is 5.32 Å². The molecule has 2 aromatic carbocycles. The molecule has 0 radical (unpaired) electrons. The van der Waals surface area contributed by atoms with Gasteiger partial charge in [-0.2, -0.15) is 5.26 Å². The molecule has 0 aromatic heterocycles. The van der Waals surface area contributed by atoms with E-state index in [-0.39, 0.29) is 11.8 Å². The standard InChI is InChI=1S/C21H23N3O2/c22-14-17-5-4-6-18(13-17)15-23-16-20(19-7-2-1-3-8-19)21(25)24-9-11-26-12-10-24/h1-8,13,20,23H,9-12,15-16H2/t20-/m1/s1. The number of benzene rings is 2. The van der Waals surface area contributed by atoms with E-state index in [0.29, 0.717) is 45.0 Å². The van der Waals surface area contributed by atoms with Crippen LogP contribution in [0.1, 0.15) is 22.6 Å². The van der Waals surface area contributed by atoms with Gasteiger partial charge in [-0.1, -0.05) is 42.5 Å². The van der Waals surface area contributed by atoms with Crippen LogP contribution in [0.15, 0.2) is 54.6 Å². The van der Waals surface area contributed by atoms with Crippen LogP contribution in [0.2, 0.25) is 0 Å². The number of nitriles is 1. The second-order valence-corrected chi connectivity index (χ2v) is 6.34. The van der Waals surface area contributed by atoms with Gasteiger partial charge in [-0.05, 0) is 23.3 Å². The van der Waals surface area contributed by atoms with Crippen LogP contribution in [0.3, 0.4) is 0 Å². The normalized spacial score (nSPS) is 15.3. The summed E-state index contributed by atoms with van der Waals surface area (Å²) >= 11 is 0. The molecule has 0 bridgehead atoms. The number of ether oxygens (including phenoxy) is 1. The van der Waals surface area contributed by atoms with Crippen LogP contribution in [-0.2, 0) is 16.1 Å². The van der Waals surface area contributed by atoms with E-state index in [1.54, 1.807) is 6.07 Å². The van der Waals surface area contributed by atoms with Crippen molar-refractivity contribution in [2.75, 3.05) is 32.8 Å². The van der Waals surface area contributed by atoms with E-state index in [9.17, 15) is 4.79 Å². The molecule has 1 saturated heterocycles. The average molecular weight is 349 g/mol. The summed E-state index contributed by atoms with van der Waals surface area (Å²) < 4.78 is 5.36. The minimum absolute atomic E-state index is 0.137. The fraction of sp³-hybridized carbons (Fsp3) is 0.333. The van der Waals surface area contributed by atoms with Gasteiger partial charge < -0.3 is 15.0 Å². The summed E-state index contributed by atoms with van der Waals surface area (Å²) in [6.45, 7) is 3.66. The maximum absolute atomic E-state index is 13.0. The SMILES string of the molecule is N#Cc1cccc(CNC[C@@H](C(=O)N2CCOCC2)c2ccccc2)c1. The number of hydrogen-bond donors (Lipinski definition) is 1. The van der Waals surface area contributed by atoms with Crippen molar-refractivity contribution in [3.05, 3.63) is 71.3 Å². The molecule has 1 aliphatic heterocycles. The second-order valence-electron chi connectivity index (χ2n) is 6.34. The lowest BCUT2D eigenvalue weighted by molar-refractivity contribution is -0.136. The third kappa shape index (κ3) is 4.69. The fourth-order valence-corrected chi connectivity index (χ4v) is 3.15. The van der Waals surface area contributed by atoms with Crippen molar-refractivity contribution in [2.24, 2.45) is 0 Å². The lowest BCUT2D eigenvalue weighted by atomic mass is 9.97. The topological polar surface area (TPSA) is 65.4 Å². The zero-order chi connectivity index (χ0) is 18.2. The smallest absolute Gasteiger partial charge is 0.231 e. The summed E-state index contributed by atoms with van der Waals surface area (Å²) in [4.78, 5) is 14.9. The highest BCUT2D eigenvalue weighted by molar-refractivity contribution is 5.84. The van der Waals surface area contributed by atoms with Gasteiger partial charge in [0.15, 0.2) is 0 Å². The Bertz CT molecular complexity index is 764. The molecular formula is C21H23N3O2. The molecule has 1 heterocycles. The minimum atomic E-state index is -0.228. The first kappa shape index (κ1) is 18.1. The van der Waals surface area contributed by atoms with Crippen molar-refractivity contribution in [1.82, 2.24) is 10.2 Å². The maximum atomic E-state index is 13.0. The summed E-state index contributed by atoms with van der Waals surface area (Å²) in [5, 5.41) is 12.4. The number of amides is 1. The molecule has 2 aromatic rings. The van der Waals surface area contributed by atoms with E-state index in [0.717, 1.165) is 11.1 Å². The average Bonchev–Trinajstić information content (AvgIpc) is 2.72. The molecule has 1 aliphatic rings. The van der Waals surface area contributed by atoms with E-state index in [1.807, 2.05) is 53.4 Å². The predicted octanol–water partition coefficient (Wildman–Crippen LogP) is 2.29. The van der Waals surface area contributed by atoms with Crippen molar-refractivity contribution < 1.29 is 9.53 Å². The molecule has 1 fully saturated rings. The molecule has 134 valence electrons. The first-order chi connectivity index (χ1) is 12.8. The number of nitrogens with one attached hydrogen (secondary N) is 1. The Morgan fingerprint density at radius 1 is 1.15 bits per heavy atom. The van der Waals surface area contributed by atoms with Crippen molar-refractivity contribution in [3.63, 3.8) is 0 Å². The summed E-state index contributed by atoms with van der Waals surface area (Å²) in [7, 11) is 0. The minimum Gasteiger partial charge on any atom is -0.378 e. The molecular weight excluding hydrogens is 326 g/mol. The van der Waals surface area contributed by atoms with Crippen LogP contribution >= 0.6 is 0 Å². The molecule has 1 atom stereocenters. The number of morpholine rings is 1. The van der Waals surface area contributed by atoms with Gasteiger partial charge in [-0.15, -0.1) is 0 Å². The van der Waals surface area contributed by atoms with E-state index in [4.69, 9.17) is 10.00 Å². The van der Waals surface area contributed by atoms with Gasteiger partial charge in [0, 0.05) is 26.2 Å². The molecule has 0 saturated carbocycles. The van der Waals surface area contributed by atoms with E-state index in [2.05, 4.69) is 11.4 Å². The summed E-state index contributed by atoms with van der Waals surface area (Å²) in [5.41, 5.74) is 2.70.